The summed E-state index contributed by atoms with van der Waals surface area (Å²) in [6, 6.07) is 4.44. The Hall–Kier alpha value is -1.10. The van der Waals surface area contributed by atoms with Crippen LogP contribution >= 0.6 is 0 Å². The minimum Gasteiger partial charge on any atom is -0.315 e. The molecule has 0 fully saturated rings. The molecular weight excluding hydrogens is 236 g/mol. The molecule has 0 aliphatic heterocycles. The number of hydrogen-bond donors (Lipinski definition) is 2. The number of unbranched alkanes of at least 4 members (excludes halogenated alkanes) is 4. The van der Waals surface area contributed by atoms with Crippen molar-refractivity contribution in [2.24, 2.45) is 11.8 Å². The maximum atomic E-state index is 8.61. The molecule has 0 amide bonds. The van der Waals surface area contributed by atoms with Crippen molar-refractivity contribution in [2.75, 3.05) is 26.2 Å². The molecule has 0 aliphatic carbocycles. The predicted molar refractivity (Wildman–Crippen MR) is 78.4 cm³/mol. The van der Waals surface area contributed by atoms with Gasteiger partial charge >= 0.3 is 0 Å². The quantitative estimate of drug-likeness (QED) is 0.531. The van der Waals surface area contributed by atoms with Crippen molar-refractivity contribution >= 4 is 0 Å². The molecule has 0 saturated heterocycles. The van der Waals surface area contributed by atoms with Crippen LogP contribution in [-0.4, -0.2) is 26.2 Å². The molecule has 0 rings (SSSR count). The fraction of sp³-hybridized carbons (Fsp3) is 0.867. The summed E-state index contributed by atoms with van der Waals surface area (Å²) in [5.41, 5.74) is 0. The Morgan fingerprint density at radius 2 is 1.11 bits per heavy atom. The van der Waals surface area contributed by atoms with E-state index in [4.69, 9.17) is 10.5 Å². The monoisotopic (exact) mass is 264 g/mol. The Morgan fingerprint density at radius 1 is 0.737 bits per heavy atom. The molecule has 0 heterocycles. The lowest BCUT2D eigenvalue weighted by Crippen LogP contribution is -2.21. The van der Waals surface area contributed by atoms with Gasteiger partial charge in [0.2, 0.25) is 0 Å². The number of hydrogen-bond acceptors (Lipinski definition) is 4. The van der Waals surface area contributed by atoms with Gasteiger partial charge in [-0.15, -0.1) is 0 Å². The van der Waals surface area contributed by atoms with Crippen LogP contribution in [0.15, 0.2) is 0 Å². The summed E-state index contributed by atoms with van der Waals surface area (Å²) in [6.07, 6.45) is 6.16. The van der Waals surface area contributed by atoms with Gasteiger partial charge in [0.1, 0.15) is 0 Å². The molecule has 0 saturated carbocycles. The minimum absolute atomic E-state index is 0.113. The number of nitrogens with zero attached hydrogens (tertiary/aromatic N) is 2. The van der Waals surface area contributed by atoms with Crippen molar-refractivity contribution in [1.82, 2.24) is 10.6 Å². The summed E-state index contributed by atoms with van der Waals surface area (Å²) >= 11 is 0. The minimum atomic E-state index is 0.113. The van der Waals surface area contributed by atoms with Gasteiger partial charge in [-0.05, 0) is 39.8 Å². The molecule has 0 aromatic rings. The lowest BCUT2D eigenvalue weighted by atomic mass is 10.1. The molecule has 19 heavy (non-hydrogen) atoms. The highest BCUT2D eigenvalue weighted by atomic mass is 14.9. The summed E-state index contributed by atoms with van der Waals surface area (Å²) in [5.74, 6) is 0.226. The van der Waals surface area contributed by atoms with Gasteiger partial charge in [0, 0.05) is 13.1 Å². The Balaban J connectivity index is 3.08. The molecule has 0 radical (unpaired) electrons. The molecule has 0 bridgehead atoms. The van der Waals surface area contributed by atoms with Gasteiger partial charge < -0.3 is 10.6 Å². The van der Waals surface area contributed by atoms with Gasteiger partial charge in [-0.2, -0.15) is 10.5 Å². The molecule has 0 aromatic carbocycles. The van der Waals surface area contributed by atoms with E-state index in [-0.39, 0.29) is 11.8 Å². The molecule has 0 aliphatic rings. The van der Waals surface area contributed by atoms with Crippen LogP contribution in [0.2, 0.25) is 0 Å². The molecule has 4 heteroatoms. The van der Waals surface area contributed by atoms with Crippen molar-refractivity contribution in [2.45, 2.75) is 46.0 Å². The molecule has 0 aromatic heterocycles. The van der Waals surface area contributed by atoms with Crippen molar-refractivity contribution in [3.8, 4) is 12.1 Å². The molecule has 4 nitrogen and oxygen atoms in total. The standard InChI is InChI=1S/C15H28N4/c1-14(10-16)12-18-8-6-4-3-5-7-9-19-13-15(2)11-17/h14-15,18-19H,3-9,12-13H2,1-2H3/t14-,15-/m1/s1. The normalized spacial score (nSPS) is 13.5. The molecule has 0 unspecified atom stereocenters. The van der Waals surface area contributed by atoms with E-state index in [1.165, 1.54) is 32.1 Å². The van der Waals surface area contributed by atoms with E-state index in [1.54, 1.807) is 0 Å². The lowest BCUT2D eigenvalue weighted by molar-refractivity contribution is 0.530. The van der Waals surface area contributed by atoms with Crippen LogP contribution in [0, 0.1) is 34.5 Å². The zero-order valence-corrected chi connectivity index (χ0v) is 12.4. The first-order valence-corrected chi connectivity index (χ1v) is 7.41. The summed E-state index contributed by atoms with van der Waals surface area (Å²) in [6.45, 7) is 7.52. The smallest absolute Gasteiger partial charge is 0.0666 e. The first-order valence-electron chi connectivity index (χ1n) is 7.41. The summed E-state index contributed by atoms with van der Waals surface area (Å²) < 4.78 is 0. The second-order valence-corrected chi connectivity index (χ2v) is 5.24. The fourth-order valence-corrected chi connectivity index (χ4v) is 1.76. The third-order valence-corrected chi connectivity index (χ3v) is 3.05. The number of nitriles is 2. The van der Waals surface area contributed by atoms with E-state index in [2.05, 4.69) is 22.8 Å². The van der Waals surface area contributed by atoms with Crippen LogP contribution in [0.3, 0.4) is 0 Å². The topological polar surface area (TPSA) is 71.6 Å². The van der Waals surface area contributed by atoms with E-state index in [9.17, 15) is 0 Å². The van der Waals surface area contributed by atoms with Crippen molar-refractivity contribution < 1.29 is 0 Å². The molecule has 0 spiro atoms. The Kier molecular flexibility index (Phi) is 12.6. The Bertz CT molecular complexity index is 249. The van der Waals surface area contributed by atoms with E-state index in [0.717, 1.165) is 26.2 Å². The summed E-state index contributed by atoms with van der Waals surface area (Å²) in [7, 11) is 0. The highest BCUT2D eigenvalue weighted by Gasteiger charge is 1.98. The average Bonchev–Trinajstić information content (AvgIpc) is 2.43. The van der Waals surface area contributed by atoms with Crippen LogP contribution in [0.1, 0.15) is 46.0 Å². The molecule has 2 N–H and O–H groups in total. The summed E-state index contributed by atoms with van der Waals surface area (Å²) in [4.78, 5) is 0. The molecular formula is C15H28N4. The average molecular weight is 264 g/mol. The van der Waals surface area contributed by atoms with Crippen LogP contribution in [0.5, 0.6) is 0 Å². The van der Waals surface area contributed by atoms with E-state index < -0.39 is 0 Å². The Morgan fingerprint density at radius 3 is 1.47 bits per heavy atom. The highest BCUT2D eigenvalue weighted by Crippen LogP contribution is 2.02. The SMILES string of the molecule is C[C@H](C#N)CNCCCCCCCNC[C@H](C)C#N. The Labute approximate surface area is 118 Å². The van der Waals surface area contributed by atoms with Crippen LogP contribution < -0.4 is 10.6 Å². The molecule has 108 valence electrons. The van der Waals surface area contributed by atoms with Crippen LogP contribution in [0.25, 0.3) is 0 Å². The lowest BCUT2D eigenvalue weighted by Gasteiger charge is -2.07. The summed E-state index contributed by atoms with van der Waals surface area (Å²) in [5, 5.41) is 23.8. The van der Waals surface area contributed by atoms with Gasteiger partial charge in [0.15, 0.2) is 0 Å². The van der Waals surface area contributed by atoms with Gasteiger partial charge in [0.25, 0.3) is 0 Å². The van der Waals surface area contributed by atoms with Crippen molar-refractivity contribution in [3.63, 3.8) is 0 Å². The van der Waals surface area contributed by atoms with Gasteiger partial charge in [-0.1, -0.05) is 19.3 Å². The first-order chi connectivity index (χ1) is 9.20. The van der Waals surface area contributed by atoms with E-state index in [0.29, 0.717) is 0 Å². The molecule has 2 atom stereocenters. The fourth-order valence-electron chi connectivity index (χ4n) is 1.76. The zero-order chi connectivity index (χ0) is 14.3. The van der Waals surface area contributed by atoms with Gasteiger partial charge in [0.05, 0.1) is 24.0 Å². The van der Waals surface area contributed by atoms with E-state index >= 15 is 0 Å². The van der Waals surface area contributed by atoms with E-state index in [1.807, 2.05) is 13.8 Å². The highest BCUT2D eigenvalue weighted by molar-refractivity contribution is 4.80. The van der Waals surface area contributed by atoms with Crippen LogP contribution in [0.4, 0.5) is 0 Å². The maximum absolute atomic E-state index is 8.61. The second-order valence-electron chi connectivity index (χ2n) is 5.24. The van der Waals surface area contributed by atoms with Gasteiger partial charge in [-0.25, -0.2) is 0 Å². The zero-order valence-electron chi connectivity index (χ0n) is 12.4. The number of rotatable bonds is 12. The van der Waals surface area contributed by atoms with Crippen LogP contribution in [-0.2, 0) is 0 Å². The predicted octanol–water partition coefficient (Wildman–Crippen LogP) is 2.44. The second kappa shape index (κ2) is 13.3. The van der Waals surface area contributed by atoms with Gasteiger partial charge in [-0.3, -0.25) is 0 Å². The first kappa shape index (κ1) is 17.9. The third kappa shape index (κ3) is 13.1. The number of nitrogens with one attached hydrogen (secondary N) is 2. The van der Waals surface area contributed by atoms with Crippen molar-refractivity contribution in [3.05, 3.63) is 0 Å². The maximum Gasteiger partial charge on any atom is 0.0666 e. The largest absolute Gasteiger partial charge is 0.315 e. The van der Waals surface area contributed by atoms with Crippen molar-refractivity contribution in [1.29, 1.82) is 10.5 Å². The third-order valence-electron chi connectivity index (χ3n) is 3.05.